The fraction of sp³-hybridized carbons (Fsp3) is 0.195. The first kappa shape index (κ1) is 46.7. The molecule has 0 aliphatic heterocycles. The maximum absolute atomic E-state index is 11.9. The third-order valence-electron chi connectivity index (χ3n) is 7.66. The summed E-state index contributed by atoms with van der Waals surface area (Å²) in [5.41, 5.74) is 8.93. The normalized spacial score (nSPS) is 10.3. The molecule has 0 bridgehead atoms. The molecular formula is C41H40N6O6S6. The van der Waals surface area contributed by atoms with Crippen LogP contribution in [0.15, 0.2) is 97.1 Å². The van der Waals surface area contributed by atoms with E-state index in [9.17, 15) is 14.4 Å². The van der Waals surface area contributed by atoms with Crippen molar-refractivity contribution < 1.29 is 26.9 Å². The molecule has 0 spiro atoms. The Kier molecular flexibility index (Phi) is 17.7. The molecule has 0 N–H and O–H groups in total. The molecular weight excluding hydrogens is 865 g/mol. The summed E-state index contributed by atoms with van der Waals surface area (Å²) in [7, 11) is 0. The summed E-state index contributed by atoms with van der Waals surface area (Å²) >= 11 is 18.1. The van der Waals surface area contributed by atoms with Gasteiger partial charge in [-0.2, -0.15) is 15.3 Å². The number of hydrogen-bond acceptors (Lipinski definition) is 15. The van der Waals surface area contributed by atoms with Crippen LogP contribution in [0.3, 0.4) is 0 Å². The van der Waals surface area contributed by atoms with Crippen molar-refractivity contribution in [3.8, 4) is 0 Å². The van der Waals surface area contributed by atoms with Gasteiger partial charge in [0.15, 0.2) is 0 Å². The Hall–Kier alpha value is -4.98. The lowest BCUT2D eigenvalue weighted by Gasteiger charge is -2.06. The van der Waals surface area contributed by atoms with Gasteiger partial charge < -0.3 is 12.5 Å². The minimum absolute atomic E-state index is 0.384. The SMILES string of the molecule is Cc1cc(C)n(C(=S)SOC(=O)c2ccccc2)n1.Cc1ccc(C(=O)OSC(=S)n2nc(C)cc2C)cc1.Cc1cccc(C(=O)OSC(=S)n2nc(C)cc2C)c1. The van der Waals surface area contributed by atoms with Gasteiger partial charge in [0.1, 0.15) is 36.1 Å². The lowest BCUT2D eigenvalue weighted by atomic mass is 10.1. The van der Waals surface area contributed by atoms with Gasteiger partial charge in [0.25, 0.3) is 0 Å². The fourth-order valence-electron chi connectivity index (χ4n) is 4.95. The second-order valence-corrected chi connectivity index (χ2v) is 16.9. The van der Waals surface area contributed by atoms with Crippen LogP contribution in [-0.2, 0) is 12.5 Å². The zero-order chi connectivity index (χ0) is 43.2. The van der Waals surface area contributed by atoms with E-state index < -0.39 is 17.9 Å². The van der Waals surface area contributed by atoms with Gasteiger partial charge in [-0.15, -0.1) is 0 Å². The van der Waals surface area contributed by atoms with Crippen LogP contribution < -0.4 is 0 Å². The largest absolute Gasteiger partial charge is 0.380 e. The van der Waals surface area contributed by atoms with E-state index in [1.807, 2.05) is 104 Å². The quantitative estimate of drug-likeness (QED) is 0.123. The van der Waals surface area contributed by atoms with Gasteiger partial charge >= 0.3 is 17.9 Å². The Bertz CT molecular complexity index is 2460. The minimum Gasteiger partial charge on any atom is -0.380 e. The average Bonchev–Trinajstić information content (AvgIpc) is 3.87. The summed E-state index contributed by atoms with van der Waals surface area (Å²) in [6.45, 7) is 15.2. The Balaban J connectivity index is 0.000000196. The molecule has 3 aromatic carbocycles. The molecule has 0 aliphatic carbocycles. The van der Waals surface area contributed by atoms with E-state index in [1.165, 1.54) is 0 Å². The number of thiocarbonyl (C=S) groups is 3. The lowest BCUT2D eigenvalue weighted by Crippen LogP contribution is -2.11. The summed E-state index contributed by atoms with van der Waals surface area (Å²) in [6, 6.07) is 28.9. The molecule has 0 unspecified atom stereocenters. The number of aromatic nitrogens is 6. The topological polar surface area (TPSA) is 132 Å². The van der Waals surface area contributed by atoms with Crippen molar-refractivity contribution in [1.82, 2.24) is 29.3 Å². The van der Waals surface area contributed by atoms with Gasteiger partial charge in [-0.3, -0.25) is 0 Å². The standard InChI is InChI=1S/2C14H14N2O2S2.C13H12N2O2S2/c1-9-4-6-12(7-5-9)13(17)18-20-14(19)16-11(3)8-10(2)15-16;1-9-5-4-6-12(7-9)13(17)18-20-14(19)16-11(3)8-10(2)15-16;1-9-8-10(2)15(14-9)13(18)19-17-12(16)11-6-4-3-5-7-11/h2*4-8H,1-3H3;3-8H,1-2H3. The highest BCUT2D eigenvalue weighted by Gasteiger charge is 2.16. The molecule has 0 aliphatic rings. The first-order valence-electron chi connectivity index (χ1n) is 17.6. The van der Waals surface area contributed by atoms with E-state index >= 15 is 0 Å². The molecule has 18 heteroatoms. The smallest absolute Gasteiger partial charge is 0.350 e. The molecule has 0 amide bonds. The van der Waals surface area contributed by atoms with Gasteiger partial charge in [0.2, 0.25) is 13.0 Å². The summed E-state index contributed by atoms with van der Waals surface area (Å²) < 4.78 is 21.2. The van der Waals surface area contributed by atoms with Gasteiger partial charge in [-0.05, 0) is 147 Å². The first-order valence-corrected chi connectivity index (χ1v) is 21.0. The third kappa shape index (κ3) is 14.4. The second kappa shape index (κ2) is 22.4. The zero-order valence-electron chi connectivity index (χ0n) is 33.3. The van der Waals surface area contributed by atoms with Crippen LogP contribution in [0, 0.1) is 55.4 Å². The predicted octanol–water partition coefficient (Wildman–Crippen LogP) is 10.0. The molecule has 6 rings (SSSR count). The summed E-state index contributed by atoms with van der Waals surface area (Å²) in [5.74, 6) is -1.25. The fourth-order valence-corrected chi connectivity index (χ4v) is 7.30. The molecule has 0 fully saturated rings. The van der Waals surface area contributed by atoms with Crippen LogP contribution in [0.25, 0.3) is 0 Å². The van der Waals surface area contributed by atoms with Crippen molar-refractivity contribution in [1.29, 1.82) is 0 Å². The van der Waals surface area contributed by atoms with Crippen LogP contribution in [0.4, 0.5) is 0 Å². The van der Waals surface area contributed by atoms with Crippen molar-refractivity contribution in [2.24, 2.45) is 0 Å². The maximum Gasteiger partial charge on any atom is 0.350 e. The monoisotopic (exact) mass is 904 g/mol. The molecule has 12 nitrogen and oxygen atoms in total. The molecule has 0 saturated carbocycles. The van der Waals surface area contributed by atoms with Gasteiger partial charge in [0.05, 0.1) is 33.8 Å². The van der Waals surface area contributed by atoms with E-state index in [2.05, 4.69) is 15.3 Å². The molecule has 0 atom stereocenters. The molecule has 6 aromatic rings. The van der Waals surface area contributed by atoms with Crippen LogP contribution >= 0.6 is 72.8 Å². The number of benzene rings is 3. The van der Waals surface area contributed by atoms with Gasteiger partial charge in [0, 0.05) is 17.1 Å². The van der Waals surface area contributed by atoms with Crippen molar-refractivity contribution in [3.05, 3.63) is 159 Å². The number of carbonyl (C=O) groups is 3. The zero-order valence-corrected chi connectivity index (χ0v) is 38.2. The minimum atomic E-state index is -0.422. The predicted molar refractivity (Wildman–Crippen MR) is 247 cm³/mol. The highest BCUT2D eigenvalue weighted by Crippen LogP contribution is 2.18. The molecule has 59 heavy (non-hydrogen) atoms. The van der Waals surface area contributed by atoms with Crippen molar-refractivity contribution in [2.45, 2.75) is 55.4 Å². The summed E-state index contributed by atoms with van der Waals surface area (Å²) in [5, 5.41) is 12.7. The van der Waals surface area contributed by atoms with Crippen LogP contribution in [0.5, 0.6) is 0 Å². The number of hydrogen-bond donors (Lipinski definition) is 0. The van der Waals surface area contributed by atoms with Crippen molar-refractivity contribution in [3.63, 3.8) is 0 Å². The second-order valence-electron chi connectivity index (χ2n) is 12.8. The summed E-state index contributed by atoms with van der Waals surface area (Å²) in [4.78, 5) is 35.5. The van der Waals surface area contributed by atoms with Crippen molar-refractivity contribution >= 4 is 104 Å². The number of aryl methyl sites for hydroxylation is 8. The summed E-state index contributed by atoms with van der Waals surface area (Å²) in [6.07, 6.45) is 0. The number of carbonyl (C=O) groups excluding carboxylic acids is 3. The Morgan fingerprint density at radius 3 is 1.15 bits per heavy atom. The lowest BCUT2D eigenvalue weighted by molar-refractivity contribution is 0.0760. The molecule has 306 valence electrons. The molecule has 3 heterocycles. The molecule has 0 radical (unpaired) electrons. The van der Waals surface area contributed by atoms with E-state index in [-0.39, 0.29) is 0 Å². The number of rotatable bonds is 3. The van der Waals surface area contributed by atoms with E-state index in [4.69, 9.17) is 49.2 Å². The van der Waals surface area contributed by atoms with Gasteiger partial charge in [-0.1, -0.05) is 53.6 Å². The Morgan fingerprint density at radius 1 is 0.441 bits per heavy atom. The highest BCUT2D eigenvalue weighted by atomic mass is 32.2. The van der Waals surface area contributed by atoms with Crippen molar-refractivity contribution in [2.75, 3.05) is 0 Å². The third-order valence-corrected chi connectivity index (χ3v) is 10.4. The van der Waals surface area contributed by atoms with E-state index in [1.54, 1.807) is 62.6 Å². The number of nitrogens with zero attached hydrogens (tertiary/aromatic N) is 6. The van der Waals surface area contributed by atoms with Gasteiger partial charge in [-0.25, -0.2) is 28.4 Å². The Labute approximate surface area is 372 Å². The maximum atomic E-state index is 11.9. The Morgan fingerprint density at radius 2 is 0.797 bits per heavy atom. The van der Waals surface area contributed by atoms with E-state index in [0.29, 0.717) is 29.7 Å². The highest BCUT2D eigenvalue weighted by molar-refractivity contribution is 8.20. The molecule has 0 saturated heterocycles. The van der Waals surface area contributed by atoms with Crippen LogP contribution in [-0.4, -0.2) is 60.2 Å². The molecule has 3 aromatic heterocycles. The van der Waals surface area contributed by atoms with Crippen LogP contribution in [0.2, 0.25) is 0 Å². The van der Waals surface area contributed by atoms with Crippen LogP contribution in [0.1, 0.15) is 76.4 Å². The first-order chi connectivity index (χ1) is 28.0. The van der Waals surface area contributed by atoms with E-state index in [0.717, 1.165) is 81.4 Å². The average molecular weight is 905 g/mol.